The quantitative estimate of drug-likeness (QED) is 0.863. The first-order chi connectivity index (χ1) is 8.16. The average molecular weight is 254 g/mol. The largest absolute Gasteiger partial charge is 0.379 e. The van der Waals surface area contributed by atoms with Crippen LogP contribution in [-0.2, 0) is 6.54 Å². The molecule has 1 nitrogen and oxygen atoms in total. The molecule has 1 N–H and O–H groups in total. The van der Waals surface area contributed by atoms with Crippen molar-refractivity contribution in [2.24, 2.45) is 0 Å². The lowest BCUT2D eigenvalue weighted by Crippen LogP contribution is -2.02. The zero-order chi connectivity index (χ0) is 12.3. The third kappa shape index (κ3) is 2.94. The van der Waals surface area contributed by atoms with Crippen LogP contribution < -0.4 is 5.32 Å². The second kappa shape index (κ2) is 5.15. The molecule has 17 heavy (non-hydrogen) atoms. The predicted molar refractivity (Wildman–Crippen MR) is 65.1 cm³/mol. The molecule has 2 aromatic carbocycles. The number of hydrogen-bond acceptors (Lipinski definition) is 1. The second-order valence-corrected chi connectivity index (χ2v) is 3.98. The van der Waals surface area contributed by atoms with Crippen LogP contribution in [0.5, 0.6) is 0 Å². The Morgan fingerprint density at radius 2 is 1.82 bits per heavy atom. The fourth-order valence-electron chi connectivity index (χ4n) is 1.46. The minimum absolute atomic E-state index is 0.328. The number of anilines is 1. The highest BCUT2D eigenvalue weighted by Gasteiger charge is 2.03. The minimum Gasteiger partial charge on any atom is -0.379 e. The molecular formula is C13H10ClF2N. The lowest BCUT2D eigenvalue weighted by Gasteiger charge is -2.08. The number of para-hydroxylation sites is 1. The summed E-state index contributed by atoms with van der Waals surface area (Å²) in [5, 5.41) is 3.24. The van der Waals surface area contributed by atoms with E-state index >= 15 is 0 Å². The van der Waals surface area contributed by atoms with E-state index < -0.39 is 0 Å². The summed E-state index contributed by atoms with van der Waals surface area (Å²) in [4.78, 5) is 0. The molecule has 0 saturated heterocycles. The van der Waals surface area contributed by atoms with Crippen LogP contribution in [0.15, 0.2) is 42.5 Å². The molecule has 0 spiro atoms. The number of nitrogens with one attached hydrogen (secondary N) is 1. The van der Waals surface area contributed by atoms with Crippen LogP contribution in [-0.4, -0.2) is 0 Å². The highest BCUT2D eigenvalue weighted by Crippen LogP contribution is 2.19. The normalized spacial score (nSPS) is 10.3. The van der Waals surface area contributed by atoms with Crippen LogP contribution in [0.1, 0.15) is 5.56 Å². The Labute approximate surface area is 103 Å². The molecular weight excluding hydrogens is 244 g/mol. The monoisotopic (exact) mass is 253 g/mol. The first-order valence-corrected chi connectivity index (χ1v) is 5.47. The van der Waals surface area contributed by atoms with E-state index in [9.17, 15) is 8.78 Å². The van der Waals surface area contributed by atoms with Crippen molar-refractivity contribution in [2.45, 2.75) is 6.54 Å². The minimum atomic E-state index is -0.385. The second-order valence-electron chi connectivity index (χ2n) is 3.57. The van der Waals surface area contributed by atoms with Crippen LogP contribution >= 0.6 is 11.6 Å². The van der Waals surface area contributed by atoms with E-state index in [1.165, 1.54) is 18.2 Å². The lowest BCUT2D eigenvalue weighted by atomic mass is 10.2. The molecule has 0 aliphatic rings. The Kier molecular flexibility index (Phi) is 3.59. The first kappa shape index (κ1) is 11.9. The van der Waals surface area contributed by atoms with Gasteiger partial charge in [-0.2, -0.15) is 0 Å². The van der Waals surface area contributed by atoms with Crippen molar-refractivity contribution < 1.29 is 8.78 Å². The van der Waals surface area contributed by atoms with Gasteiger partial charge in [0, 0.05) is 11.6 Å². The van der Waals surface area contributed by atoms with Crippen LogP contribution in [0.3, 0.4) is 0 Å². The molecule has 88 valence electrons. The molecule has 4 heteroatoms. The zero-order valence-corrected chi connectivity index (χ0v) is 9.64. The van der Waals surface area contributed by atoms with Gasteiger partial charge >= 0.3 is 0 Å². The highest BCUT2D eigenvalue weighted by molar-refractivity contribution is 6.31. The molecule has 0 amide bonds. The Balaban J connectivity index is 2.10. The topological polar surface area (TPSA) is 12.0 Å². The molecule has 0 saturated carbocycles. The Morgan fingerprint density at radius 1 is 1.06 bits per heavy atom. The van der Waals surface area contributed by atoms with Gasteiger partial charge in [0.1, 0.15) is 11.6 Å². The summed E-state index contributed by atoms with van der Waals surface area (Å²) in [6.45, 7) is 0.347. The molecule has 2 aromatic rings. The maximum atomic E-state index is 13.3. The van der Waals surface area contributed by atoms with E-state index in [0.717, 1.165) is 5.56 Å². The Hall–Kier alpha value is -1.61. The lowest BCUT2D eigenvalue weighted by molar-refractivity contribution is 0.626. The first-order valence-electron chi connectivity index (χ1n) is 5.09. The summed E-state index contributed by atoms with van der Waals surface area (Å²) in [6, 6.07) is 10.5. The van der Waals surface area contributed by atoms with Crippen molar-refractivity contribution >= 4 is 17.3 Å². The number of benzene rings is 2. The Bertz CT molecular complexity index is 529. The van der Waals surface area contributed by atoms with Crippen LogP contribution in [0, 0.1) is 11.6 Å². The van der Waals surface area contributed by atoms with Gasteiger partial charge in [0.2, 0.25) is 0 Å². The van der Waals surface area contributed by atoms with Crippen molar-refractivity contribution in [3.05, 3.63) is 64.7 Å². The molecule has 0 radical (unpaired) electrons. The molecule has 0 aliphatic carbocycles. The molecule has 0 bridgehead atoms. The van der Waals surface area contributed by atoms with Gasteiger partial charge in [-0.15, -0.1) is 0 Å². The molecule has 0 fully saturated rings. The Morgan fingerprint density at radius 3 is 2.53 bits per heavy atom. The molecule has 0 atom stereocenters. The van der Waals surface area contributed by atoms with Gasteiger partial charge in [0.05, 0.1) is 5.69 Å². The molecule has 0 heterocycles. The van der Waals surface area contributed by atoms with Gasteiger partial charge in [-0.25, -0.2) is 8.78 Å². The third-order valence-electron chi connectivity index (χ3n) is 2.36. The van der Waals surface area contributed by atoms with Gasteiger partial charge in [-0.05, 0) is 29.8 Å². The maximum Gasteiger partial charge on any atom is 0.146 e. The molecule has 2 rings (SSSR count). The van der Waals surface area contributed by atoms with Gasteiger partial charge in [-0.1, -0.05) is 29.8 Å². The summed E-state index contributed by atoms with van der Waals surface area (Å²) in [6.07, 6.45) is 0. The molecule has 0 unspecified atom stereocenters. The van der Waals surface area contributed by atoms with Crippen molar-refractivity contribution in [1.29, 1.82) is 0 Å². The van der Waals surface area contributed by atoms with Crippen molar-refractivity contribution in [1.82, 2.24) is 0 Å². The summed E-state index contributed by atoms with van der Waals surface area (Å²) < 4.78 is 26.1. The smallest absolute Gasteiger partial charge is 0.146 e. The zero-order valence-electron chi connectivity index (χ0n) is 8.88. The van der Waals surface area contributed by atoms with Gasteiger partial charge in [-0.3, -0.25) is 0 Å². The van der Waals surface area contributed by atoms with Gasteiger partial charge < -0.3 is 5.32 Å². The third-order valence-corrected chi connectivity index (χ3v) is 2.71. The number of halogens is 3. The maximum absolute atomic E-state index is 13.3. The van der Waals surface area contributed by atoms with Crippen LogP contribution in [0.4, 0.5) is 14.5 Å². The average Bonchev–Trinajstić information content (AvgIpc) is 2.30. The van der Waals surface area contributed by atoms with Crippen LogP contribution in [0.2, 0.25) is 5.02 Å². The van der Waals surface area contributed by atoms with Crippen molar-refractivity contribution in [3.8, 4) is 0 Å². The van der Waals surface area contributed by atoms with E-state index in [0.29, 0.717) is 17.3 Å². The summed E-state index contributed by atoms with van der Waals surface area (Å²) in [7, 11) is 0. The summed E-state index contributed by atoms with van der Waals surface area (Å²) in [5.74, 6) is -0.713. The van der Waals surface area contributed by atoms with E-state index in [1.807, 2.05) is 0 Å². The SMILES string of the molecule is Fc1ccc(CNc2ccccc2F)c(Cl)c1. The van der Waals surface area contributed by atoms with E-state index in [-0.39, 0.29) is 11.6 Å². The van der Waals surface area contributed by atoms with Gasteiger partial charge in [0.15, 0.2) is 0 Å². The number of rotatable bonds is 3. The molecule has 0 aliphatic heterocycles. The molecule has 0 aromatic heterocycles. The van der Waals surface area contributed by atoms with E-state index in [2.05, 4.69) is 5.32 Å². The summed E-state index contributed by atoms with van der Waals surface area (Å²) >= 11 is 5.86. The van der Waals surface area contributed by atoms with E-state index in [4.69, 9.17) is 11.6 Å². The van der Waals surface area contributed by atoms with Crippen molar-refractivity contribution in [3.63, 3.8) is 0 Å². The van der Waals surface area contributed by atoms with Gasteiger partial charge in [0.25, 0.3) is 0 Å². The predicted octanol–water partition coefficient (Wildman–Crippen LogP) is 4.23. The fraction of sp³-hybridized carbons (Fsp3) is 0.0769. The summed E-state index contributed by atoms with van der Waals surface area (Å²) in [5.41, 5.74) is 1.12. The van der Waals surface area contributed by atoms with Crippen LogP contribution in [0.25, 0.3) is 0 Å². The number of hydrogen-bond donors (Lipinski definition) is 1. The standard InChI is InChI=1S/C13H10ClF2N/c14-11-7-10(15)6-5-9(11)8-17-13-4-2-1-3-12(13)16/h1-7,17H,8H2. The fourth-order valence-corrected chi connectivity index (χ4v) is 1.69. The van der Waals surface area contributed by atoms with Crippen molar-refractivity contribution in [2.75, 3.05) is 5.32 Å². The highest BCUT2D eigenvalue weighted by atomic mass is 35.5. The van der Waals surface area contributed by atoms with E-state index in [1.54, 1.807) is 24.3 Å².